The van der Waals surface area contributed by atoms with Crippen LogP contribution in [0, 0.1) is 0 Å². The van der Waals surface area contributed by atoms with E-state index < -0.39 is 11.6 Å². The average Bonchev–Trinajstić information content (AvgIpc) is 3.12. The molecular weight excluding hydrogens is 652 g/mol. The van der Waals surface area contributed by atoms with Crippen LogP contribution in [0.1, 0.15) is 39.8 Å². The number of carbonyl (C=O) groups is 4. The Balaban J connectivity index is 1.51. The van der Waals surface area contributed by atoms with Crippen LogP contribution in [0.15, 0.2) is 83.0 Å². The van der Waals surface area contributed by atoms with Gasteiger partial charge >= 0.3 is 0 Å². The zero-order chi connectivity index (χ0) is 36.4. The molecule has 0 unspecified atom stereocenters. The summed E-state index contributed by atoms with van der Waals surface area (Å²) >= 11 is 0. The Morgan fingerprint density at radius 3 is 0.725 bits per heavy atom. The Bertz CT molecular complexity index is 1960. The van der Waals surface area contributed by atoms with Gasteiger partial charge in [-0.05, 0) is 60.7 Å². The molecule has 0 saturated heterocycles. The van der Waals surface area contributed by atoms with Crippen molar-refractivity contribution in [1.82, 2.24) is 0 Å². The maximum atomic E-state index is 13.3. The summed E-state index contributed by atoms with van der Waals surface area (Å²) in [6.45, 7) is 0. The molecule has 10 heteroatoms. The van der Waals surface area contributed by atoms with Crippen LogP contribution in [-0.2, 0) is 44.9 Å². The fraction of sp³-hybridized carbons (Fsp3) is 0.268. The molecular formula is C41H38O10. The molecule has 0 atom stereocenters. The third-order valence-electron chi connectivity index (χ3n) is 9.44. The van der Waals surface area contributed by atoms with Gasteiger partial charge in [-0.1, -0.05) is 0 Å². The van der Waals surface area contributed by atoms with Crippen LogP contribution in [0.25, 0.3) is 0 Å². The maximum Gasteiger partial charge on any atom is 0.182 e. The SMILES string of the molecule is COc1cc2c(OC)cc1CC1=CC(=O)C(=CC1=O)CC1=CC(=O)C(=CC1=O)Cc1cc(OC)c(cc1OC)Cc1cc(OC)c(cc1OC)C2. The van der Waals surface area contributed by atoms with Crippen LogP contribution in [0.5, 0.6) is 34.5 Å². The van der Waals surface area contributed by atoms with E-state index in [9.17, 15) is 19.2 Å². The predicted octanol–water partition coefficient (Wildman–Crippen LogP) is 5.42. The molecule has 0 aromatic heterocycles. The molecule has 12 aliphatic rings. The van der Waals surface area contributed by atoms with Crippen LogP contribution in [0.3, 0.4) is 0 Å². The second-order valence-corrected chi connectivity index (χ2v) is 12.4. The van der Waals surface area contributed by atoms with Crippen molar-refractivity contribution in [1.29, 1.82) is 0 Å². The highest BCUT2D eigenvalue weighted by atomic mass is 16.5. The lowest BCUT2D eigenvalue weighted by molar-refractivity contribution is -0.116. The lowest BCUT2D eigenvalue weighted by atomic mass is 9.85. The number of rotatable bonds is 6. The van der Waals surface area contributed by atoms with Crippen molar-refractivity contribution >= 4 is 23.1 Å². The van der Waals surface area contributed by atoms with E-state index in [0.717, 1.165) is 22.3 Å². The molecule has 12 aliphatic carbocycles. The standard InChI is InChI=1S/C41H38O10/c1-46-36-18-28-10-30-20-41(51-6)31(21-40(30)50-5)11-29-19-37(47-2)27(17-39(29)49-4)9-25-15-33(43)23(13-35(25)45)7-22-12-34(44)24(14-32(22)42)8-26(36)16-38(28)48-3/h12-21H,7-11H2,1-6H3. The normalized spacial score (nSPS) is 15.9. The van der Waals surface area contributed by atoms with E-state index in [2.05, 4.69) is 0 Å². The fourth-order valence-electron chi connectivity index (χ4n) is 6.77. The minimum absolute atomic E-state index is 0.110. The molecule has 51 heavy (non-hydrogen) atoms. The first kappa shape index (κ1) is 34.9. The van der Waals surface area contributed by atoms with E-state index >= 15 is 0 Å². The summed E-state index contributed by atoms with van der Waals surface area (Å²) in [5.41, 5.74) is 5.38. The summed E-state index contributed by atoms with van der Waals surface area (Å²) in [7, 11) is 9.41. The molecule has 0 amide bonds. The minimum Gasteiger partial charge on any atom is -0.496 e. The van der Waals surface area contributed by atoms with Gasteiger partial charge in [-0.2, -0.15) is 0 Å². The number of ketones is 4. The zero-order valence-corrected chi connectivity index (χ0v) is 29.4. The third kappa shape index (κ3) is 6.94. The van der Waals surface area contributed by atoms with Gasteiger partial charge in [0.15, 0.2) is 23.1 Å². The molecule has 0 saturated carbocycles. The van der Waals surface area contributed by atoms with Crippen molar-refractivity contribution in [2.75, 3.05) is 42.7 Å². The first-order valence-corrected chi connectivity index (χ1v) is 16.3. The topological polar surface area (TPSA) is 124 Å². The van der Waals surface area contributed by atoms with Crippen LogP contribution < -0.4 is 28.4 Å². The Kier molecular flexibility index (Phi) is 9.95. The summed E-state index contributed by atoms with van der Waals surface area (Å²) in [5, 5.41) is 0. The Hall–Kier alpha value is -5.90. The van der Waals surface area contributed by atoms with Crippen molar-refractivity contribution in [2.45, 2.75) is 32.1 Å². The van der Waals surface area contributed by atoms with Crippen molar-refractivity contribution in [3.63, 3.8) is 0 Å². The third-order valence-corrected chi connectivity index (χ3v) is 9.44. The summed E-state index contributed by atoms with van der Waals surface area (Å²) in [6, 6.07) is 11.2. The molecule has 0 N–H and O–H groups in total. The number of methoxy groups -OCH3 is 6. The van der Waals surface area contributed by atoms with E-state index in [1.165, 1.54) is 38.5 Å². The maximum absolute atomic E-state index is 13.3. The summed E-state index contributed by atoms with van der Waals surface area (Å²) in [6.07, 6.45) is 5.95. The van der Waals surface area contributed by atoms with Crippen LogP contribution in [0.2, 0.25) is 0 Å². The quantitative estimate of drug-likeness (QED) is 0.310. The molecule has 3 aromatic carbocycles. The predicted molar refractivity (Wildman–Crippen MR) is 189 cm³/mol. The average molecular weight is 691 g/mol. The molecule has 3 aromatic rings. The molecule has 0 aliphatic heterocycles. The second kappa shape index (κ2) is 14.5. The summed E-state index contributed by atoms with van der Waals surface area (Å²) in [4.78, 5) is 53.2. The molecule has 262 valence electrons. The number of hydrogen-bond acceptors (Lipinski definition) is 10. The molecule has 0 fully saturated rings. The van der Waals surface area contributed by atoms with Crippen LogP contribution in [0.4, 0.5) is 0 Å². The van der Waals surface area contributed by atoms with Gasteiger partial charge in [0.05, 0.1) is 42.7 Å². The van der Waals surface area contributed by atoms with E-state index in [0.29, 0.717) is 58.5 Å². The van der Waals surface area contributed by atoms with Gasteiger partial charge in [-0.15, -0.1) is 0 Å². The number of hydrogen-bond donors (Lipinski definition) is 0. The molecule has 0 spiro atoms. The minimum atomic E-state index is -0.407. The Morgan fingerprint density at radius 2 is 0.510 bits per heavy atom. The van der Waals surface area contributed by atoms with E-state index in [-0.39, 0.29) is 53.1 Å². The van der Waals surface area contributed by atoms with Gasteiger partial charge in [-0.25, -0.2) is 0 Å². The smallest absolute Gasteiger partial charge is 0.182 e. The first-order valence-electron chi connectivity index (χ1n) is 16.3. The monoisotopic (exact) mass is 690 g/mol. The number of allylic oxidation sites excluding steroid dienone is 8. The largest absolute Gasteiger partial charge is 0.496 e. The highest BCUT2D eigenvalue weighted by molar-refractivity contribution is 6.23. The lowest BCUT2D eigenvalue weighted by Crippen LogP contribution is -2.19. The van der Waals surface area contributed by atoms with Gasteiger partial charge in [0.1, 0.15) is 34.5 Å². The molecule has 10 nitrogen and oxygen atoms in total. The van der Waals surface area contributed by atoms with Crippen molar-refractivity contribution < 1.29 is 47.6 Å². The molecule has 0 heterocycles. The fourth-order valence-corrected chi connectivity index (χ4v) is 6.77. The summed E-state index contributed by atoms with van der Waals surface area (Å²) in [5.74, 6) is 1.85. The zero-order valence-electron chi connectivity index (χ0n) is 29.4. The number of ether oxygens (including phenoxy) is 6. The van der Waals surface area contributed by atoms with Gasteiger partial charge in [0, 0.05) is 87.8 Å². The van der Waals surface area contributed by atoms with Gasteiger partial charge in [0.2, 0.25) is 0 Å². The summed E-state index contributed by atoms with van der Waals surface area (Å²) < 4.78 is 34.9. The second-order valence-electron chi connectivity index (χ2n) is 12.4. The van der Waals surface area contributed by atoms with E-state index in [1.807, 2.05) is 24.3 Å². The van der Waals surface area contributed by atoms with Crippen molar-refractivity contribution in [3.05, 3.63) is 116 Å². The lowest BCUT2D eigenvalue weighted by Gasteiger charge is -2.19. The van der Waals surface area contributed by atoms with Gasteiger partial charge in [-0.3, -0.25) is 19.2 Å². The van der Waals surface area contributed by atoms with Crippen molar-refractivity contribution in [3.8, 4) is 34.5 Å². The van der Waals surface area contributed by atoms with Gasteiger partial charge < -0.3 is 28.4 Å². The molecule has 15 rings (SSSR count). The van der Waals surface area contributed by atoms with Crippen molar-refractivity contribution in [2.24, 2.45) is 0 Å². The highest BCUT2D eigenvalue weighted by Crippen LogP contribution is 2.39. The number of carbonyl (C=O) groups excluding carboxylic acids is 4. The Morgan fingerprint density at radius 1 is 0.314 bits per heavy atom. The van der Waals surface area contributed by atoms with Crippen LogP contribution >= 0.6 is 0 Å². The van der Waals surface area contributed by atoms with E-state index in [4.69, 9.17) is 28.4 Å². The van der Waals surface area contributed by atoms with Gasteiger partial charge in [0.25, 0.3) is 0 Å². The first-order chi connectivity index (χ1) is 24.6. The van der Waals surface area contributed by atoms with Crippen LogP contribution in [-0.4, -0.2) is 65.8 Å². The molecule has 10 bridgehead atoms. The number of benzene rings is 3. The highest BCUT2D eigenvalue weighted by Gasteiger charge is 2.28. The molecule has 0 radical (unpaired) electrons. The van der Waals surface area contributed by atoms with E-state index in [1.54, 1.807) is 40.6 Å². The Labute approximate surface area is 295 Å².